The first-order valence-corrected chi connectivity index (χ1v) is 14.8. The topological polar surface area (TPSA) is 0 Å². The molecule has 0 aliphatic heterocycles. The van der Waals surface area contributed by atoms with Crippen LogP contribution < -0.4 is 0 Å². The molecule has 0 fully saturated rings. The maximum atomic E-state index is 2.50. The van der Waals surface area contributed by atoms with Crippen LogP contribution in [-0.4, -0.2) is 0 Å². The molecule has 0 amide bonds. The zero-order valence-corrected chi connectivity index (χ0v) is 24.5. The summed E-state index contributed by atoms with van der Waals surface area (Å²) in [6.07, 6.45) is 0. The monoisotopic (exact) mass is 526 g/mol. The molecule has 0 heterocycles. The van der Waals surface area contributed by atoms with Gasteiger partial charge in [-0.2, -0.15) is 0 Å². The lowest BCUT2D eigenvalue weighted by atomic mass is 9.76. The molecule has 7 aromatic carbocycles. The third-order valence-electron chi connectivity index (χ3n) is 9.47. The number of rotatable bonds is 2. The van der Waals surface area contributed by atoms with Crippen molar-refractivity contribution < 1.29 is 0 Å². The SMILES string of the molecule is CC(C)(C)c1c2ccccc2c(-c2cc3c4c(ccc5cccc(c54)C3(C)C)c2)c2ccc(-c3ccccc3)cc12. The van der Waals surface area contributed by atoms with Crippen LogP contribution >= 0.6 is 0 Å². The molecule has 0 saturated heterocycles. The maximum absolute atomic E-state index is 2.50. The summed E-state index contributed by atoms with van der Waals surface area (Å²) in [4.78, 5) is 0. The van der Waals surface area contributed by atoms with Crippen LogP contribution in [0.2, 0.25) is 0 Å². The lowest BCUT2D eigenvalue weighted by Gasteiger charge is -2.27. The van der Waals surface area contributed by atoms with Crippen LogP contribution in [0.15, 0.2) is 115 Å². The van der Waals surface area contributed by atoms with Gasteiger partial charge in [0.05, 0.1) is 0 Å². The smallest absolute Gasteiger partial charge is 0.0159 e. The zero-order chi connectivity index (χ0) is 28.1. The van der Waals surface area contributed by atoms with Crippen LogP contribution in [-0.2, 0) is 10.8 Å². The van der Waals surface area contributed by atoms with Gasteiger partial charge in [0.25, 0.3) is 0 Å². The van der Waals surface area contributed by atoms with Crippen LogP contribution in [0, 0.1) is 0 Å². The van der Waals surface area contributed by atoms with Crippen molar-refractivity contribution in [3.05, 3.63) is 132 Å². The molecule has 0 spiro atoms. The van der Waals surface area contributed by atoms with E-state index >= 15 is 0 Å². The van der Waals surface area contributed by atoms with E-state index in [9.17, 15) is 0 Å². The van der Waals surface area contributed by atoms with E-state index in [0.717, 1.165) is 0 Å². The Morgan fingerprint density at radius 2 is 1.15 bits per heavy atom. The number of benzene rings is 7. The van der Waals surface area contributed by atoms with Gasteiger partial charge in [0.2, 0.25) is 0 Å². The Kier molecular flexibility index (Phi) is 4.94. The molecule has 0 heteroatoms. The summed E-state index contributed by atoms with van der Waals surface area (Å²) >= 11 is 0. The Bertz CT molecular complexity index is 2190. The highest BCUT2D eigenvalue weighted by atomic mass is 14.4. The Hall–Kier alpha value is -4.42. The van der Waals surface area contributed by atoms with Crippen LogP contribution in [0.5, 0.6) is 0 Å². The molecule has 0 unspecified atom stereocenters. The summed E-state index contributed by atoms with van der Waals surface area (Å²) in [5.74, 6) is 0. The van der Waals surface area contributed by atoms with E-state index < -0.39 is 0 Å². The first-order chi connectivity index (χ1) is 19.7. The highest BCUT2D eigenvalue weighted by molar-refractivity contribution is 6.20. The minimum Gasteiger partial charge on any atom is -0.0622 e. The average Bonchev–Trinajstić information content (AvgIpc) is 3.21. The Balaban J connectivity index is 1.52. The molecule has 0 N–H and O–H groups in total. The summed E-state index contributed by atoms with van der Waals surface area (Å²) in [5, 5.41) is 10.9. The fourth-order valence-electron chi connectivity index (χ4n) is 7.65. The second kappa shape index (κ2) is 8.30. The van der Waals surface area contributed by atoms with Gasteiger partial charge in [-0.1, -0.05) is 132 Å². The summed E-state index contributed by atoms with van der Waals surface area (Å²) in [6.45, 7) is 11.8. The molecule has 0 saturated carbocycles. The fraction of sp³-hybridized carbons (Fsp3) is 0.171. The number of hydrogen-bond donors (Lipinski definition) is 0. The molecule has 0 bridgehead atoms. The minimum atomic E-state index is -0.0467. The normalized spacial score (nSPS) is 14.2. The highest BCUT2D eigenvalue weighted by Crippen LogP contribution is 2.51. The second-order valence-electron chi connectivity index (χ2n) is 13.4. The van der Waals surface area contributed by atoms with Gasteiger partial charge in [0.15, 0.2) is 0 Å². The molecule has 0 radical (unpaired) electrons. The van der Waals surface area contributed by atoms with Crippen molar-refractivity contribution in [3.63, 3.8) is 0 Å². The van der Waals surface area contributed by atoms with Gasteiger partial charge in [-0.05, 0) is 106 Å². The van der Waals surface area contributed by atoms with Gasteiger partial charge in [-0.15, -0.1) is 0 Å². The fourth-order valence-corrected chi connectivity index (χ4v) is 7.65. The molecular weight excluding hydrogens is 492 g/mol. The molecule has 7 aromatic rings. The van der Waals surface area contributed by atoms with E-state index in [4.69, 9.17) is 0 Å². The predicted molar refractivity (Wildman–Crippen MR) is 178 cm³/mol. The first-order valence-electron chi connectivity index (χ1n) is 14.8. The van der Waals surface area contributed by atoms with Crippen molar-refractivity contribution in [2.45, 2.75) is 45.4 Å². The molecule has 1 aliphatic rings. The van der Waals surface area contributed by atoms with Gasteiger partial charge in [-0.3, -0.25) is 0 Å². The third kappa shape index (κ3) is 3.40. The molecule has 41 heavy (non-hydrogen) atoms. The van der Waals surface area contributed by atoms with Crippen LogP contribution in [0.3, 0.4) is 0 Å². The van der Waals surface area contributed by atoms with Gasteiger partial charge >= 0.3 is 0 Å². The standard InChI is InChI=1S/C41H34/c1-40(2,3)39-32-16-10-9-15-30(32)36(31-21-20-27(23-33(31)39)25-12-7-6-8-13-25)29-22-28-19-18-26-14-11-17-34-37(26)38(28)35(24-29)41(34,4)5/h6-24H,1-5H3. The molecule has 0 atom stereocenters. The van der Waals surface area contributed by atoms with Crippen molar-refractivity contribution in [3.8, 4) is 22.3 Å². The van der Waals surface area contributed by atoms with E-state index in [1.165, 1.54) is 82.0 Å². The van der Waals surface area contributed by atoms with Gasteiger partial charge < -0.3 is 0 Å². The molecule has 1 aliphatic carbocycles. The Morgan fingerprint density at radius 1 is 0.463 bits per heavy atom. The van der Waals surface area contributed by atoms with Crippen molar-refractivity contribution in [2.24, 2.45) is 0 Å². The largest absolute Gasteiger partial charge is 0.0622 e. The summed E-state index contributed by atoms with van der Waals surface area (Å²) in [5.41, 5.74) is 9.41. The molecular formula is C41H34. The first kappa shape index (κ1) is 24.4. The van der Waals surface area contributed by atoms with Gasteiger partial charge in [-0.25, -0.2) is 0 Å². The lowest BCUT2D eigenvalue weighted by molar-refractivity contribution is 0.601. The summed E-state index contributed by atoms with van der Waals surface area (Å²) < 4.78 is 0. The van der Waals surface area contributed by atoms with Crippen LogP contribution in [0.4, 0.5) is 0 Å². The second-order valence-corrected chi connectivity index (χ2v) is 13.4. The Labute approximate surface area is 242 Å². The number of hydrogen-bond acceptors (Lipinski definition) is 0. The third-order valence-corrected chi connectivity index (χ3v) is 9.47. The van der Waals surface area contributed by atoms with Crippen molar-refractivity contribution >= 4 is 43.1 Å². The van der Waals surface area contributed by atoms with E-state index in [-0.39, 0.29) is 10.8 Å². The summed E-state index contributed by atoms with van der Waals surface area (Å²) in [6, 6.07) is 43.4. The Morgan fingerprint density at radius 3 is 1.93 bits per heavy atom. The van der Waals surface area contributed by atoms with Crippen molar-refractivity contribution in [1.29, 1.82) is 0 Å². The van der Waals surface area contributed by atoms with E-state index in [1.54, 1.807) is 0 Å². The van der Waals surface area contributed by atoms with Crippen LogP contribution in [0.25, 0.3) is 65.3 Å². The number of fused-ring (bicyclic) bond motifs is 2. The van der Waals surface area contributed by atoms with E-state index in [2.05, 4.69) is 150 Å². The molecule has 0 nitrogen and oxygen atoms in total. The van der Waals surface area contributed by atoms with Crippen LogP contribution in [0.1, 0.15) is 51.3 Å². The molecule has 8 rings (SSSR count). The quantitative estimate of drug-likeness (QED) is 0.155. The van der Waals surface area contributed by atoms with E-state index in [1.807, 2.05) is 0 Å². The molecule has 198 valence electrons. The minimum absolute atomic E-state index is 0.0155. The molecule has 0 aromatic heterocycles. The lowest BCUT2D eigenvalue weighted by Crippen LogP contribution is -2.15. The van der Waals surface area contributed by atoms with Crippen molar-refractivity contribution in [2.75, 3.05) is 0 Å². The summed E-state index contributed by atoms with van der Waals surface area (Å²) in [7, 11) is 0. The average molecular weight is 527 g/mol. The van der Waals surface area contributed by atoms with Crippen molar-refractivity contribution in [1.82, 2.24) is 0 Å². The van der Waals surface area contributed by atoms with Gasteiger partial charge in [0.1, 0.15) is 0 Å². The predicted octanol–water partition coefficient (Wildman–Crippen LogP) is 11.6. The van der Waals surface area contributed by atoms with E-state index in [0.29, 0.717) is 0 Å². The maximum Gasteiger partial charge on any atom is 0.0159 e. The highest BCUT2D eigenvalue weighted by Gasteiger charge is 2.34. The zero-order valence-electron chi connectivity index (χ0n) is 24.5. The van der Waals surface area contributed by atoms with Gasteiger partial charge in [0, 0.05) is 5.41 Å².